The molecule has 0 saturated carbocycles. The Balaban J connectivity index is 1.98. The lowest BCUT2D eigenvalue weighted by Crippen LogP contribution is -1.97. The molecule has 0 aliphatic carbocycles. The Labute approximate surface area is 186 Å². The van der Waals surface area contributed by atoms with Gasteiger partial charge in [0, 0.05) is 5.56 Å². The van der Waals surface area contributed by atoms with Gasteiger partial charge in [-0.3, -0.25) is 0 Å². The molecular weight excluding hydrogens is 405 g/mol. The number of hydrogen-bond donors (Lipinski definition) is 2. The van der Waals surface area contributed by atoms with E-state index >= 15 is 0 Å². The summed E-state index contributed by atoms with van der Waals surface area (Å²) in [5, 5.41) is 23.5. The van der Waals surface area contributed by atoms with E-state index in [4.69, 9.17) is 4.52 Å². The monoisotopic (exact) mass is 429 g/mol. The normalized spacial score (nSPS) is 10.9. The Kier molecular flexibility index (Phi) is 5.82. The molecule has 32 heavy (non-hydrogen) atoms. The van der Waals surface area contributed by atoms with Crippen LogP contribution in [0.15, 0.2) is 71.3 Å². The Morgan fingerprint density at radius 3 is 1.84 bits per heavy atom. The molecule has 0 saturated heterocycles. The number of phenolic OH excluding ortho intramolecular Hbond substituents is 2. The first-order valence-electron chi connectivity index (χ1n) is 10.4. The van der Waals surface area contributed by atoms with E-state index in [2.05, 4.69) is 12.1 Å². The van der Waals surface area contributed by atoms with Crippen LogP contribution in [0.2, 0.25) is 0 Å². The molecule has 4 rings (SSSR count). The summed E-state index contributed by atoms with van der Waals surface area (Å²) in [5.41, 5.74) is 6.40. The van der Waals surface area contributed by atoms with Crippen LogP contribution in [0.25, 0.3) is 22.3 Å². The molecule has 0 bridgehead atoms. The number of aromatic nitrogens is 1. The second kappa shape index (κ2) is 8.71. The lowest BCUT2D eigenvalue weighted by atomic mass is 9.87. The first-order valence-corrected chi connectivity index (χ1v) is 10.4. The predicted octanol–water partition coefficient (Wildman–Crippen LogP) is 6.88. The fourth-order valence-electron chi connectivity index (χ4n) is 4.07. The molecule has 0 atom stereocenters. The number of nitrogens with zero attached hydrogens (tertiary/aromatic N) is 1. The van der Waals surface area contributed by atoms with Crippen LogP contribution in [0.5, 0.6) is 11.5 Å². The van der Waals surface area contributed by atoms with Crippen molar-refractivity contribution in [3.05, 3.63) is 101 Å². The number of rotatable bonds is 5. The molecule has 0 fully saturated rings. The Morgan fingerprint density at radius 2 is 1.38 bits per heavy atom. The minimum absolute atomic E-state index is 0.180. The fourth-order valence-corrected chi connectivity index (χ4v) is 4.07. The van der Waals surface area contributed by atoms with Crippen molar-refractivity contribution in [2.45, 2.75) is 27.2 Å². The molecule has 162 valence electrons. The summed E-state index contributed by atoms with van der Waals surface area (Å²) in [7, 11) is 0. The van der Waals surface area contributed by atoms with Gasteiger partial charge in [-0.05, 0) is 84.5 Å². The number of benzene rings is 3. The number of aromatic hydroxyl groups is 2. The van der Waals surface area contributed by atoms with E-state index in [0.717, 1.165) is 27.8 Å². The highest BCUT2D eigenvalue weighted by Crippen LogP contribution is 2.38. The number of phenols is 2. The third kappa shape index (κ3) is 4.02. The average Bonchev–Trinajstić information content (AvgIpc) is 3.12. The van der Waals surface area contributed by atoms with Crippen LogP contribution in [0, 0.1) is 19.7 Å². The first kappa shape index (κ1) is 21.4. The number of hydrogen-bond acceptors (Lipinski definition) is 4. The molecule has 3 aromatic carbocycles. The van der Waals surface area contributed by atoms with Crippen LogP contribution in [0.3, 0.4) is 0 Å². The summed E-state index contributed by atoms with van der Waals surface area (Å²) in [4.78, 5) is 0. The van der Waals surface area contributed by atoms with Crippen molar-refractivity contribution in [2.75, 3.05) is 0 Å². The van der Waals surface area contributed by atoms with Crippen molar-refractivity contribution in [1.29, 1.82) is 0 Å². The van der Waals surface area contributed by atoms with Crippen LogP contribution in [-0.4, -0.2) is 15.4 Å². The zero-order valence-corrected chi connectivity index (χ0v) is 18.2. The standard InChI is InChI=1S/C27H24FNO3/c1-4-23(20-9-14-25(28)24(15-20)26-16(2)29-32-17(26)3)27(18-5-10-21(30)11-6-18)19-7-12-22(31)13-8-19/h5-15,30-31H,4H2,1-3H3. The second-order valence-corrected chi connectivity index (χ2v) is 7.69. The van der Waals surface area contributed by atoms with Gasteiger partial charge in [-0.1, -0.05) is 42.4 Å². The van der Waals surface area contributed by atoms with Gasteiger partial charge in [0.25, 0.3) is 0 Å². The van der Waals surface area contributed by atoms with E-state index in [0.29, 0.717) is 29.0 Å². The van der Waals surface area contributed by atoms with Crippen LogP contribution in [-0.2, 0) is 0 Å². The molecule has 1 heterocycles. The summed E-state index contributed by atoms with van der Waals surface area (Å²) in [6.07, 6.45) is 0.684. The van der Waals surface area contributed by atoms with Crippen molar-refractivity contribution in [3.63, 3.8) is 0 Å². The second-order valence-electron chi connectivity index (χ2n) is 7.69. The minimum Gasteiger partial charge on any atom is -0.508 e. The van der Waals surface area contributed by atoms with Gasteiger partial charge in [-0.2, -0.15) is 0 Å². The Bertz CT molecular complexity index is 1220. The molecule has 0 amide bonds. The van der Waals surface area contributed by atoms with Gasteiger partial charge < -0.3 is 14.7 Å². The summed E-state index contributed by atoms with van der Waals surface area (Å²) in [6.45, 7) is 5.62. The topological polar surface area (TPSA) is 66.5 Å². The van der Waals surface area contributed by atoms with E-state index < -0.39 is 0 Å². The molecular formula is C27H24FNO3. The third-order valence-electron chi connectivity index (χ3n) is 5.58. The van der Waals surface area contributed by atoms with E-state index in [1.54, 1.807) is 44.2 Å². The third-order valence-corrected chi connectivity index (χ3v) is 5.58. The van der Waals surface area contributed by atoms with Crippen LogP contribution in [0.4, 0.5) is 4.39 Å². The lowest BCUT2D eigenvalue weighted by molar-refractivity contribution is 0.393. The molecule has 5 heteroatoms. The molecule has 0 unspecified atom stereocenters. The number of halogens is 1. The van der Waals surface area contributed by atoms with Gasteiger partial charge in [-0.15, -0.1) is 0 Å². The van der Waals surface area contributed by atoms with Crippen LogP contribution >= 0.6 is 0 Å². The maximum atomic E-state index is 14.9. The fraction of sp³-hybridized carbons (Fsp3) is 0.148. The maximum Gasteiger partial charge on any atom is 0.141 e. The van der Waals surface area contributed by atoms with Gasteiger partial charge in [0.2, 0.25) is 0 Å². The molecule has 0 aliphatic rings. The molecule has 4 aromatic rings. The summed E-state index contributed by atoms with van der Waals surface area (Å²) >= 11 is 0. The highest BCUT2D eigenvalue weighted by Gasteiger charge is 2.19. The van der Waals surface area contributed by atoms with Crippen molar-refractivity contribution < 1.29 is 19.1 Å². The van der Waals surface area contributed by atoms with Gasteiger partial charge >= 0.3 is 0 Å². The van der Waals surface area contributed by atoms with Crippen molar-refractivity contribution >= 4 is 11.1 Å². The summed E-state index contributed by atoms with van der Waals surface area (Å²) in [5.74, 6) is 0.589. The van der Waals surface area contributed by atoms with E-state index in [-0.39, 0.29) is 17.3 Å². The average molecular weight is 429 g/mol. The largest absolute Gasteiger partial charge is 0.508 e. The summed E-state index contributed by atoms with van der Waals surface area (Å²) in [6, 6.07) is 19.1. The van der Waals surface area contributed by atoms with Crippen LogP contribution in [0.1, 0.15) is 41.5 Å². The quantitative estimate of drug-likeness (QED) is 0.340. The zero-order chi connectivity index (χ0) is 22.8. The van der Waals surface area contributed by atoms with E-state index in [1.165, 1.54) is 6.07 Å². The molecule has 2 N–H and O–H groups in total. The zero-order valence-electron chi connectivity index (χ0n) is 18.2. The molecule has 0 spiro atoms. The number of allylic oxidation sites excluding steroid dienone is 1. The summed E-state index contributed by atoms with van der Waals surface area (Å²) < 4.78 is 20.1. The van der Waals surface area contributed by atoms with Crippen molar-refractivity contribution in [2.24, 2.45) is 0 Å². The Morgan fingerprint density at radius 1 is 0.844 bits per heavy atom. The highest BCUT2D eigenvalue weighted by atomic mass is 19.1. The lowest BCUT2D eigenvalue weighted by Gasteiger charge is -2.17. The van der Waals surface area contributed by atoms with Crippen molar-refractivity contribution in [3.8, 4) is 22.6 Å². The van der Waals surface area contributed by atoms with Gasteiger partial charge in [0.1, 0.15) is 23.1 Å². The van der Waals surface area contributed by atoms with Crippen molar-refractivity contribution in [1.82, 2.24) is 5.16 Å². The molecule has 0 radical (unpaired) electrons. The number of aryl methyl sites for hydroxylation is 2. The van der Waals surface area contributed by atoms with E-state index in [1.807, 2.05) is 30.3 Å². The SMILES string of the molecule is CCC(=C(c1ccc(O)cc1)c1ccc(O)cc1)c1ccc(F)c(-c2c(C)noc2C)c1. The van der Waals surface area contributed by atoms with Gasteiger partial charge in [0.05, 0.1) is 11.3 Å². The smallest absolute Gasteiger partial charge is 0.141 e. The first-order chi connectivity index (χ1) is 15.4. The highest BCUT2D eigenvalue weighted by molar-refractivity contribution is 5.99. The Hall–Kier alpha value is -3.86. The van der Waals surface area contributed by atoms with E-state index in [9.17, 15) is 14.6 Å². The maximum absolute atomic E-state index is 14.9. The minimum atomic E-state index is -0.339. The van der Waals surface area contributed by atoms with Crippen LogP contribution < -0.4 is 0 Å². The molecule has 4 nitrogen and oxygen atoms in total. The van der Waals surface area contributed by atoms with Gasteiger partial charge in [0.15, 0.2) is 0 Å². The molecule has 1 aromatic heterocycles. The van der Waals surface area contributed by atoms with Gasteiger partial charge in [-0.25, -0.2) is 4.39 Å². The predicted molar refractivity (Wildman–Crippen MR) is 124 cm³/mol. The molecule has 0 aliphatic heterocycles.